The van der Waals surface area contributed by atoms with Crippen LogP contribution in [0.1, 0.15) is 43.9 Å². The van der Waals surface area contributed by atoms with Crippen LogP contribution in [0.15, 0.2) is 18.2 Å². The molecule has 18 heavy (non-hydrogen) atoms. The third-order valence-corrected chi connectivity index (χ3v) is 3.65. The lowest BCUT2D eigenvalue weighted by atomic mass is 9.95. The van der Waals surface area contributed by atoms with E-state index in [0.29, 0.717) is 0 Å². The van der Waals surface area contributed by atoms with Crippen molar-refractivity contribution >= 4 is 11.6 Å². The Kier molecular flexibility index (Phi) is 5.60. The number of hydrogen-bond acceptors (Lipinski definition) is 3. The fourth-order valence-electron chi connectivity index (χ4n) is 1.84. The Bertz CT molecular complexity index is 393. The summed E-state index contributed by atoms with van der Waals surface area (Å²) in [7, 11) is 1.73. The first kappa shape index (κ1) is 15.4. The molecule has 1 unspecified atom stereocenters. The van der Waals surface area contributed by atoms with Gasteiger partial charge in [-0.3, -0.25) is 11.3 Å². The molecule has 0 fully saturated rings. The van der Waals surface area contributed by atoms with Gasteiger partial charge >= 0.3 is 0 Å². The van der Waals surface area contributed by atoms with Gasteiger partial charge in [-0.25, -0.2) is 0 Å². The van der Waals surface area contributed by atoms with Crippen LogP contribution in [0, 0.1) is 6.92 Å². The van der Waals surface area contributed by atoms with Crippen molar-refractivity contribution in [2.24, 2.45) is 5.84 Å². The van der Waals surface area contributed by atoms with Crippen LogP contribution in [-0.4, -0.2) is 12.7 Å². The lowest BCUT2D eigenvalue weighted by Crippen LogP contribution is -2.31. The van der Waals surface area contributed by atoms with E-state index < -0.39 is 0 Å². The zero-order valence-corrected chi connectivity index (χ0v) is 12.3. The molecule has 1 atom stereocenters. The summed E-state index contributed by atoms with van der Waals surface area (Å²) < 4.78 is 5.42. The molecule has 0 aromatic heterocycles. The summed E-state index contributed by atoms with van der Waals surface area (Å²) in [6.45, 7) is 6.16. The molecular formula is C14H23ClN2O. The van der Waals surface area contributed by atoms with Crippen molar-refractivity contribution in [2.45, 2.75) is 45.3 Å². The first-order chi connectivity index (χ1) is 8.39. The number of methoxy groups -OCH3 is 1. The summed E-state index contributed by atoms with van der Waals surface area (Å²) >= 11 is 6.26. The van der Waals surface area contributed by atoms with Crippen LogP contribution < -0.4 is 11.3 Å². The quantitative estimate of drug-likeness (QED) is 0.616. The van der Waals surface area contributed by atoms with E-state index in [0.717, 1.165) is 29.0 Å². The fraction of sp³-hybridized carbons (Fsp3) is 0.571. The Balaban J connectivity index is 2.77. The number of halogens is 1. The first-order valence-electron chi connectivity index (χ1n) is 6.17. The van der Waals surface area contributed by atoms with E-state index in [1.807, 2.05) is 25.1 Å². The summed E-state index contributed by atoms with van der Waals surface area (Å²) in [5, 5.41) is 0.758. The van der Waals surface area contributed by atoms with E-state index >= 15 is 0 Å². The molecule has 4 heteroatoms. The van der Waals surface area contributed by atoms with Gasteiger partial charge in [0.1, 0.15) is 0 Å². The molecule has 1 aromatic carbocycles. The number of hydrogen-bond donors (Lipinski definition) is 2. The highest BCUT2D eigenvalue weighted by Gasteiger charge is 2.20. The van der Waals surface area contributed by atoms with Gasteiger partial charge in [0.05, 0.1) is 5.60 Å². The maximum atomic E-state index is 6.26. The minimum Gasteiger partial charge on any atom is -0.379 e. The predicted molar refractivity (Wildman–Crippen MR) is 76.6 cm³/mol. The zero-order valence-electron chi connectivity index (χ0n) is 11.6. The number of aryl methyl sites for hydroxylation is 1. The summed E-state index contributed by atoms with van der Waals surface area (Å²) in [6, 6.07) is 6.09. The molecule has 3 nitrogen and oxygen atoms in total. The second kappa shape index (κ2) is 6.53. The molecule has 0 aliphatic carbocycles. The molecule has 0 aliphatic heterocycles. The second-order valence-corrected chi connectivity index (χ2v) is 5.65. The van der Waals surface area contributed by atoms with Crippen molar-refractivity contribution in [3.63, 3.8) is 0 Å². The number of rotatable bonds is 6. The van der Waals surface area contributed by atoms with Gasteiger partial charge in [-0.15, -0.1) is 0 Å². The molecule has 0 aliphatic rings. The highest BCUT2D eigenvalue weighted by atomic mass is 35.5. The lowest BCUT2D eigenvalue weighted by Gasteiger charge is -2.26. The Morgan fingerprint density at radius 1 is 1.44 bits per heavy atom. The number of ether oxygens (including phenoxy) is 1. The van der Waals surface area contributed by atoms with Gasteiger partial charge < -0.3 is 4.74 Å². The van der Waals surface area contributed by atoms with E-state index in [2.05, 4.69) is 19.3 Å². The molecule has 102 valence electrons. The van der Waals surface area contributed by atoms with Crippen LogP contribution in [-0.2, 0) is 4.74 Å². The highest BCUT2D eigenvalue weighted by molar-refractivity contribution is 6.31. The molecule has 0 saturated carbocycles. The maximum Gasteiger partial charge on any atom is 0.0623 e. The molecule has 0 spiro atoms. The molecule has 1 aromatic rings. The fourth-order valence-corrected chi connectivity index (χ4v) is 2.20. The van der Waals surface area contributed by atoms with Crippen molar-refractivity contribution in [3.8, 4) is 0 Å². The van der Waals surface area contributed by atoms with Gasteiger partial charge in [0, 0.05) is 18.2 Å². The van der Waals surface area contributed by atoms with Crippen LogP contribution in [0.4, 0.5) is 0 Å². The smallest absolute Gasteiger partial charge is 0.0623 e. The Morgan fingerprint density at radius 2 is 2.11 bits per heavy atom. The van der Waals surface area contributed by atoms with Gasteiger partial charge in [-0.1, -0.05) is 23.7 Å². The Morgan fingerprint density at radius 3 is 2.61 bits per heavy atom. The van der Waals surface area contributed by atoms with Crippen LogP contribution in [0.25, 0.3) is 0 Å². The molecule has 0 saturated heterocycles. The molecule has 0 amide bonds. The van der Waals surface area contributed by atoms with E-state index in [1.54, 1.807) is 7.11 Å². The van der Waals surface area contributed by atoms with Crippen molar-refractivity contribution in [1.29, 1.82) is 0 Å². The standard InChI is InChI=1S/C14H23ClN2O/c1-10-5-6-11(12(15)9-10)13(17-16)7-8-14(2,3)18-4/h5-6,9,13,17H,7-8,16H2,1-4H3. The Labute approximate surface area is 115 Å². The summed E-state index contributed by atoms with van der Waals surface area (Å²) in [4.78, 5) is 0. The minimum absolute atomic E-state index is 0.0486. The van der Waals surface area contributed by atoms with Crippen molar-refractivity contribution in [2.75, 3.05) is 7.11 Å². The van der Waals surface area contributed by atoms with Crippen LogP contribution in [0.3, 0.4) is 0 Å². The van der Waals surface area contributed by atoms with Crippen molar-refractivity contribution in [3.05, 3.63) is 34.3 Å². The van der Waals surface area contributed by atoms with E-state index in [9.17, 15) is 0 Å². The zero-order chi connectivity index (χ0) is 13.8. The molecule has 0 bridgehead atoms. The predicted octanol–water partition coefficient (Wildman–Crippen LogP) is 3.36. The average molecular weight is 271 g/mol. The van der Waals surface area contributed by atoms with Crippen molar-refractivity contribution in [1.82, 2.24) is 5.43 Å². The monoisotopic (exact) mass is 270 g/mol. The van der Waals surface area contributed by atoms with E-state index in [4.69, 9.17) is 22.2 Å². The summed E-state index contributed by atoms with van der Waals surface area (Å²) in [5.74, 6) is 5.63. The third kappa shape index (κ3) is 4.25. The third-order valence-electron chi connectivity index (χ3n) is 3.32. The Hall–Kier alpha value is -0.610. The normalized spacial score (nSPS) is 13.7. The van der Waals surface area contributed by atoms with Gasteiger partial charge in [0.25, 0.3) is 0 Å². The van der Waals surface area contributed by atoms with Crippen LogP contribution in [0.5, 0.6) is 0 Å². The van der Waals surface area contributed by atoms with Gasteiger partial charge in [-0.05, 0) is 50.8 Å². The van der Waals surface area contributed by atoms with Gasteiger partial charge in [0.15, 0.2) is 0 Å². The van der Waals surface area contributed by atoms with Crippen molar-refractivity contribution < 1.29 is 4.74 Å². The number of nitrogens with one attached hydrogen (secondary N) is 1. The first-order valence-corrected chi connectivity index (χ1v) is 6.55. The van der Waals surface area contributed by atoms with Gasteiger partial charge in [0.2, 0.25) is 0 Å². The molecule has 0 radical (unpaired) electrons. The molecule has 3 N–H and O–H groups in total. The van der Waals surface area contributed by atoms with Crippen LogP contribution >= 0.6 is 11.6 Å². The maximum absolute atomic E-state index is 6.26. The number of hydrazine groups is 1. The largest absolute Gasteiger partial charge is 0.379 e. The second-order valence-electron chi connectivity index (χ2n) is 5.25. The summed E-state index contributed by atoms with van der Waals surface area (Å²) in [5.41, 5.74) is 4.88. The van der Waals surface area contributed by atoms with Crippen LogP contribution in [0.2, 0.25) is 5.02 Å². The van der Waals surface area contributed by atoms with Gasteiger partial charge in [-0.2, -0.15) is 0 Å². The number of nitrogens with two attached hydrogens (primary N) is 1. The van der Waals surface area contributed by atoms with E-state index in [1.165, 1.54) is 0 Å². The number of benzene rings is 1. The summed E-state index contributed by atoms with van der Waals surface area (Å²) in [6.07, 6.45) is 1.78. The highest BCUT2D eigenvalue weighted by Crippen LogP contribution is 2.29. The molecule has 1 rings (SSSR count). The topological polar surface area (TPSA) is 47.3 Å². The minimum atomic E-state index is -0.147. The molecule has 0 heterocycles. The lowest BCUT2D eigenvalue weighted by molar-refractivity contribution is 0.0117. The van der Waals surface area contributed by atoms with E-state index in [-0.39, 0.29) is 11.6 Å². The average Bonchev–Trinajstić information content (AvgIpc) is 2.32. The molecular weight excluding hydrogens is 248 g/mol. The SMILES string of the molecule is COC(C)(C)CCC(NN)c1ccc(C)cc1Cl.